The van der Waals surface area contributed by atoms with Crippen LogP contribution in [0.1, 0.15) is 82.9 Å². The second-order valence-corrected chi connectivity index (χ2v) is 12.5. The van der Waals surface area contributed by atoms with Gasteiger partial charge in [0.1, 0.15) is 0 Å². The predicted molar refractivity (Wildman–Crippen MR) is 159 cm³/mol. The summed E-state index contributed by atoms with van der Waals surface area (Å²) in [7, 11) is 0. The number of hydrogen-bond donors (Lipinski definition) is 0. The van der Waals surface area contributed by atoms with E-state index >= 15 is 0 Å². The third-order valence-corrected chi connectivity index (χ3v) is 8.67. The van der Waals surface area contributed by atoms with Crippen LogP contribution < -0.4 is 4.90 Å². The Morgan fingerprint density at radius 3 is 1.97 bits per heavy atom. The van der Waals surface area contributed by atoms with E-state index in [1.165, 1.54) is 76.0 Å². The van der Waals surface area contributed by atoms with Crippen LogP contribution in [0.3, 0.4) is 0 Å². The first-order valence-corrected chi connectivity index (χ1v) is 14.0. The molecule has 37 heavy (non-hydrogen) atoms. The molecule has 0 unspecified atom stereocenters. The molecule has 4 aromatic carbocycles. The number of nitrogens with zero attached hydrogens (tertiary/aromatic N) is 1. The predicted octanol–water partition coefficient (Wildman–Crippen LogP) is 10.3. The van der Waals surface area contributed by atoms with Crippen molar-refractivity contribution >= 4 is 11.4 Å². The number of rotatable bonds is 4. The molecule has 1 fully saturated rings. The van der Waals surface area contributed by atoms with Gasteiger partial charge in [0.15, 0.2) is 0 Å². The van der Waals surface area contributed by atoms with Gasteiger partial charge in [-0.2, -0.15) is 0 Å². The first-order chi connectivity index (χ1) is 17.8. The van der Waals surface area contributed by atoms with Crippen LogP contribution in [0.15, 0.2) is 91.0 Å². The number of hydrogen-bond acceptors (Lipinski definition) is 1. The van der Waals surface area contributed by atoms with E-state index in [1.54, 1.807) is 0 Å². The molecule has 0 amide bonds. The van der Waals surface area contributed by atoms with E-state index < -0.39 is 0 Å². The fourth-order valence-corrected chi connectivity index (χ4v) is 6.89. The Kier molecular flexibility index (Phi) is 5.79. The number of para-hydroxylation sites is 1. The zero-order valence-corrected chi connectivity index (χ0v) is 23.0. The topological polar surface area (TPSA) is 3.24 Å². The molecule has 1 heteroatoms. The molecule has 0 radical (unpaired) electrons. The highest BCUT2D eigenvalue weighted by Crippen LogP contribution is 2.54. The Balaban J connectivity index is 1.63. The van der Waals surface area contributed by atoms with E-state index in [4.69, 9.17) is 0 Å². The lowest BCUT2D eigenvalue weighted by molar-refractivity contribution is 0.555. The largest absolute Gasteiger partial charge is 0.335 e. The minimum atomic E-state index is -0.0952. The summed E-state index contributed by atoms with van der Waals surface area (Å²) in [5.74, 6) is 0.616. The van der Waals surface area contributed by atoms with Gasteiger partial charge in [0.25, 0.3) is 0 Å². The Morgan fingerprint density at radius 2 is 1.27 bits per heavy atom. The van der Waals surface area contributed by atoms with E-state index in [9.17, 15) is 0 Å². The number of benzene rings is 4. The smallest absolute Gasteiger partial charge is 0.0495 e. The second kappa shape index (κ2) is 8.91. The molecule has 0 aliphatic heterocycles. The third kappa shape index (κ3) is 4.00. The maximum Gasteiger partial charge on any atom is 0.0495 e. The van der Waals surface area contributed by atoms with Gasteiger partial charge in [-0.1, -0.05) is 99.5 Å². The Hall–Kier alpha value is -3.32. The van der Waals surface area contributed by atoms with Crippen molar-refractivity contribution in [1.82, 2.24) is 0 Å². The maximum absolute atomic E-state index is 2.64. The highest BCUT2D eigenvalue weighted by Gasteiger charge is 2.39. The first kappa shape index (κ1) is 24.0. The van der Waals surface area contributed by atoms with Crippen LogP contribution in [-0.2, 0) is 5.41 Å². The highest BCUT2D eigenvalue weighted by molar-refractivity contribution is 5.88. The van der Waals surface area contributed by atoms with Crippen molar-refractivity contribution in [2.24, 2.45) is 0 Å². The quantitative estimate of drug-likeness (QED) is 0.278. The van der Waals surface area contributed by atoms with Crippen molar-refractivity contribution in [3.8, 4) is 22.3 Å². The van der Waals surface area contributed by atoms with Gasteiger partial charge >= 0.3 is 0 Å². The van der Waals surface area contributed by atoms with E-state index in [0.29, 0.717) is 5.92 Å². The molecule has 0 bridgehead atoms. The second-order valence-electron chi connectivity index (χ2n) is 12.5. The summed E-state index contributed by atoms with van der Waals surface area (Å²) < 4.78 is 0. The molecule has 0 spiro atoms. The van der Waals surface area contributed by atoms with Gasteiger partial charge in [-0.25, -0.2) is 0 Å². The molecule has 2 aliphatic rings. The van der Waals surface area contributed by atoms with Crippen LogP contribution in [0.25, 0.3) is 22.3 Å². The van der Waals surface area contributed by atoms with Crippen molar-refractivity contribution in [2.75, 3.05) is 4.90 Å². The van der Waals surface area contributed by atoms with Gasteiger partial charge in [-0.3, -0.25) is 0 Å². The lowest BCUT2D eigenvalue weighted by Crippen LogP contribution is -2.39. The highest BCUT2D eigenvalue weighted by atomic mass is 15.2. The van der Waals surface area contributed by atoms with Crippen LogP contribution in [0, 0.1) is 0 Å². The summed E-state index contributed by atoms with van der Waals surface area (Å²) in [5, 5.41) is 0. The molecule has 6 rings (SSSR count). The van der Waals surface area contributed by atoms with Crippen molar-refractivity contribution in [2.45, 2.75) is 77.2 Å². The minimum Gasteiger partial charge on any atom is -0.335 e. The van der Waals surface area contributed by atoms with Crippen LogP contribution in [-0.4, -0.2) is 5.54 Å². The van der Waals surface area contributed by atoms with Crippen LogP contribution in [0.5, 0.6) is 0 Å². The summed E-state index contributed by atoms with van der Waals surface area (Å²) in [6.45, 7) is 11.9. The lowest BCUT2D eigenvalue weighted by atomic mass is 9.80. The third-order valence-electron chi connectivity index (χ3n) is 8.67. The van der Waals surface area contributed by atoms with Crippen molar-refractivity contribution < 1.29 is 0 Å². The van der Waals surface area contributed by atoms with Gasteiger partial charge in [0.2, 0.25) is 0 Å². The van der Waals surface area contributed by atoms with Gasteiger partial charge in [-0.15, -0.1) is 0 Å². The van der Waals surface area contributed by atoms with E-state index in [1.807, 2.05) is 0 Å². The summed E-state index contributed by atoms with van der Waals surface area (Å²) in [4.78, 5) is 2.64. The average molecular weight is 486 g/mol. The number of fused-ring (bicyclic) bond motifs is 3. The fourth-order valence-electron chi connectivity index (χ4n) is 6.89. The van der Waals surface area contributed by atoms with Gasteiger partial charge in [0.05, 0.1) is 0 Å². The van der Waals surface area contributed by atoms with Crippen molar-refractivity contribution in [1.29, 1.82) is 0 Å². The van der Waals surface area contributed by atoms with E-state index in [2.05, 4.69) is 131 Å². The standard InChI is InChI=1S/C36H39N/c1-35(2,3)37(33-22-14-12-19-27(33)25-15-7-6-8-16-25)34-24-32-30(23-29(34)26-17-9-10-18-26)28-20-11-13-21-31(28)36(32,4)5/h6-8,11-16,19-24,26H,9-10,17-18H2,1-5H3. The zero-order chi connectivity index (χ0) is 25.8. The van der Waals surface area contributed by atoms with E-state index in [0.717, 1.165) is 0 Å². The van der Waals surface area contributed by atoms with Crippen LogP contribution in [0.2, 0.25) is 0 Å². The van der Waals surface area contributed by atoms with Gasteiger partial charge < -0.3 is 4.90 Å². The van der Waals surface area contributed by atoms with Crippen LogP contribution >= 0.6 is 0 Å². The minimum absolute atomic E-state index is 0.0165. The molecule has 1 nitrogen and oxygen atoms in total. The normalized spacial score (nSPS) is 16.5. The monoisotopic (exact) mass is 485 g/mol. The molecular weight excluding hydrogens is 446 g/mol. The van der Waals surface area contributed by atoms with E-state index in [-0.39, 0.29) is 11.0 Å². The molecule has 0 atom stereocenters. The lowest BCUT2D eigenvalue weighted by Gasteiger charge is -2.41. The SMILES string of the molecule is CC1(C)c2ccccc2-c2cc(C3CCCC3)c(N(c3ccccc3-c3ccccc3)C(C)(C)C)cc21. The summed E-state index contributed by atoms with van der Waals surface area (Å²) in [6, 6.07) is 34.0. The Labute approximate surface area is 223 Å². The Morgan fingerprint density at radius 1 is 0.649 bits per heavy atom. The molecule has 188 valence electrons. The molecular formula is C36H39N. The molecule has 0 heterocycles. The Bertz CT molecular complexity index is 1430. The fraction of sp³-hybridized carbons (Fsp3) is 0.333. The van der Waals surface area contributed by atoms with Gasteiger partial charge in [0, 0.05) is 27.9 Å². The summed E-state index contributed by atoms with van der Waals surface area (Å²) >= 11 is 0. The molecule has 1 saturated carbocycles. The van der Waals surface area contributed by atoms with Gasteiger partial charge in [-0.05, 0) is 91.1 Å². The van der Waals surface area contributed by atoms with Crippen LogP contribution in [0.4, 0.5) is 11.4 Å². The first-order valence-electron chi connectivity index (χ1n) is 14.0. The number of anilines is 2. The molecule has 2 aliphatic carbocycles. The molecule has 0 saturated heterocycles. The summed E-state index contributed by atoms with van der Waals surface area (Å²) in [5.41, 5.74) is 12.4. The van der Waals surface area contributed by atoms with Crippen molar-refractivity contribution in [3.63, 3.8) is 0 Å². The van der Waals surface area contributed by atoms with Crippen molar-refractivity contribution in [3.05, 3.63) is 108 Å². The molecule has 4 aromatic rings. The zero-order valence-electron chi connectivity index (χ0n) is 23.0. The summed E-state index contributed by atoms with van der Waals surface area (Å²) in [6.07, 6.45) is 5.24. The molecule has 0 N–H and O–H groups in total. The average Bonchev–Trinajstić information content (AvgIpc) is 3.50. The maximum atomic E-state index is 2.64. The molecule has 0 aromatic heterocycles.